The summed E-state index contributed by atoms with van der Waals surface area (Å²) in [6.07, 6.45) is 0. The predicted octanol–water partition coefficient (Wildman–Crippen LogP) is 5.70. The Morgan fingerprint density at radius 2 is 1.76 bits per heavy atom. The minimum atomic E-state index is -0.162. The number of fused-ring (bicyclic) bond motifs is 1. The van der Waals surface area contributed by atoms with Gasteiger partial charge in [-0.3, -0.25) is 4.57 Å². The van der Waals surface area contributed by atoms with Crippen LogP contribution in [-0.2, 0) is 0 Å². The Bertz CT molecular complexity index is 821. The molecule has 108 valence electrons. The lowest BCUT2D eigenvalue weighted by atomic mass is 10.2. The van der Waals surface area contributed by atoms with Gasteiger partial charge in [-0.2, -0.15) is 0 Å². The van der Waals surface area contributed by atoms with Crippen LogP contribution in [0.25, 0.3) is 16.7 Å². The Morgan fingerprint density at radius 1 is 1.10 bits per heavy atom. The molecule has 0 aliphatic carbocycles. The van der Waals surface area contributed by atoms with Gasteiger partial charge in [-0.05, 0) is 72.1 Å². The molecule has 1 heterocycles. The number of benzene rings is 2. The highest BCUT2D eigenvalue weighted by atomic mass is 79.9. The Morgan fingerprint density at radius 3 is 2.48 bits per heavy atom. The summed E-state index contributed by atoms with van der Waals surface area (Å²) in [5.41, 5.74) is 5.54. The Hall–Kier alpha value is -1.32. The van der Waals surface area contributed by atoms with Gasteiger partial charge in [-0.1, -0.05) is 12.1 Å². The van der Waals surface area contributed by atoms with Gasteiger partial charge in [-0.25, -0.2) is 4.98 Å². The minimum Gasteiger partial charge on any atom is -0.294 e. The minimum absolute atomic E-state index is 0.162. The first-order valence-electron chi connectivity index (χ1n) is 6.87. The molecule has 0 saturated carbocycles. The highest BCUT2D eigenvalue weighted by molar-refractivity contribution is 9.10. The van der Waals surface area contributed by atoms with E-state index >= 15 is 0 Å². The van der Waals surface area contributed by atoms with Crippen LogP contribution in [0, 0.1) is 13.8 Å². The number of hydrogen-bond donors (Lipinski definition) is 0. The molecule has 3 aromatic rings. The van der Waals surface area contributed by atoms with Crippen LogP contribution in [0.15, 0.2) is 40.9 Å². The number of aryl methyl sites for hydroxylation is 2. The molecule has 21 heavy (non-hydrogen) atoms. The Balaban J connectivity index is 2.41. The van der Waals surface area contributed by atoms with Gasteiger partial charge in [0.15, 0.2) is 0 Å². The second kappa shape index (κ2) is 5.47. The standard InChI is InChI=1S/C17H16BrClN2/c1-10-4-6-13(18)15(8-10)21-16-9-11(2)5-7-14(16)20-17(21)12(3)19/h4-9,12H,1-3H3. The zero-order valence-electron chi connectivity index (χ0n) is 12.2. The molecule has 1 aromatic heterocycles. The molecule has 1 atom stereocenters. The maximum Gasteiger partial charge on any atom is 0.132 e. The van der Waals surface area contributed by atoms with E-state index in [1.54, 1.807) is 0 Å². The van der Waals surface area contributed by atoms with Gasteiger partial charge >= 0.3 is 0 Å². The molecule has 0 spiro atoms. The van der Waals surface area contributed by atoms with Gasteiger partial charge in [0.25, 0.3) is 0 Å². The first-order valence-corrected chi connectivity index (χ1v) is 8.10. The van der Waals surface area contributed by atoms with Gasteiger partial charge in [0.2, 0.25) is 0 Å². The number of aromatic nitrogens is 2. The molecule has 4 heteroatoms. The van der Waals surface area contributed by atoms with Crippen molar-refractivity contribution in [3.8, 4) is 5.69 Å². The first kappa shape index (κ1) is 14.6. The van der Waals surface area contributed by atoms with Crippen LogP contribution in [0.5, 0.6) is 0 Å². The normalized spacial score (nSPS) is 12.8. The fourth-order valence-electron chi connectivity index (χ4n) is 2.52. The monoisotopic (exact) mass is 362 g/mol. The molecule has 0 radical (unpaired) electrons. The Kier molecular flexibility index (Phi) is 3.80. The topological polar surface area (TPSA) is 17.8 Å². The molecule has 0 bridgehead atoms. The third kappa shape index (κ3) is 2.60. The summed E-state index contributed by atoms with van der Waals surface area (Å²) in [6.45, 7) is 6.13. The molecule has 0 fully saturated rings. The highest BCUT2D eigenvalue weighted by Crippen LogP contribution is 2.32. The molecule has 3 rings (SSSR count). The van der Waals surface area contributed by atoms with E-state index < -0.39 is 0 Å². The average molecular weight is 364 g/mol. The van der Waals surface area contributed by atoms with Gasteiger partial charge < -0.3 is 0 Å². The van der Waals surface area contributed by atoms with Crippen molar-refractivity contribution in [2.24, 2.45) is 0 Å². The highest BCUT2D eigenvalue weighted by Gasteiger charge is 2.18. The Labute approximate surface area is 137 Å². The van der Waals surface area contributed by atoms with Crippen molar-refractivity contribution in [2.45, 2.75) is 26.1 Å². The van der Waals surface area contributed by atoms with E-state index in [0.29, 0.717) is 0 Å². The van der Waals surface area contributed by atoms with Crippen LogP contribution in [0.4, 0.5) is 0 Å². The average Bonchev–Trinajstić information content (AvgIpc) is 2.80. The number of hydrogen-bond acceptors (Lipinski definition) is 1. The second-order valence-corrected chi connectivity index (χ2v) is 6.88. The number of halogens is 2. The van der Waals surface area contributed by atoms with Crippen molar-refractivity contribution in [3.05, 3.63) is 57.8 Å². The third-order valence-corrected chi connectivity index (χ3v) is 4.40. The van der Waals surface area contributed by atoms with Crippen molar-refractivity contribution < 1.29 is 0 Å². The lowest BCUT2D eigenvalue weighted by Crippen LogP contribution is -2.03. The second-order valence-electron chi connectivity index (χ2n) is 5.37. The summed E-state index contributed by atoms with van der Waals surface area (Å²) >= 11 is 10.0. The summed E-state index contributed by atoms with van der Waals surface area (Å²) in [5, 5.41) is -0.162. The lowest BCUT2D eigenvalue weighted by molar-refractivity contribution is 0.879. The van der Waals surface area contributed by atoms with E-state index in [9.17, 15) is 0 Å². The van der Waals surface area contributed by atoms with E-state index in [0.717, 1.165) is 27.0 Å². The summed E-state index contributed by atoms with van der Waals surface area (Å²) in [7, 11) is 0. The number of nitrogens with zero attached hydrogens (tertiary/aromatic N) is 2. The first-order chi connectivity index (χ1) is 9.97. The van der Waals surface area contributed by atoms with Crippen LogP contribution >= 0.6 is 27.5 Å². The molecule has 0 aliphatic rings. The maximum absolute atomic E-state index is 6.36. The SMILES string of the molecule is Cc1ccc(Br)c(-n2c(C(C)Cl)nc3ccc(C)cc32)c1. The largest absolute Gasteiger partial charge is 0.294 e. The van der Waals surface area contributed by atoms with E-state index in [-0.39, 0.29) is 5.38 Å². The van der Waals surface area contributed by atoms with Crippen LogP contribution in [0.3, 0.4) is 0 Å². The molecule has 0 N–H and O–H groups in total. The van der Waals surface area contributed by atoms with Gasteiger partial charge in [-0.15, -0.1) is 11.6 Å². The predicted molar refractivity (Wildman–Crippen MR) is 92.5 cm³/mol. The van der Waals surface area contributed by atoms with Crippen molar-refractivity contribution in [1.29, 1.82) is 0 Å². The molecule has 0 saturated heterocycles. The molecule has 1 unspecified atom stereocenters. The summed E-state index contributed by atoms with van der Waals surface area (Å²) in [5.74, 6) is 0.864. The fraction of sp³-hybridized carbons (Fsp3) is 0.235. The molecule has 0 aliphatic heterocycles. The van der Waals surface area contributed by atoms with Crippen LogP contribution < -0.4 is 0 Å². The van der Waals surface area contributed by atoms with E-state index in [1.807, 2.05) is 13.0 Å². The number of imidazole rings is 1. The van der Waals surface area contributed by atoms with E-state index in [4.69, 9.17) is 16.6 Å². The van der Waals surface area contributed by atoms with Gasteiger partial charge in [0.05, 0.1) is 22.1 Å². The fourth-order valence-corrected chi connectivity index (χ4v) is 3.09. The van der Waals surface area contributed by atoms with Gasteiger partial charge in [0, 0.05) is 4.47 Å². The van der Waals surface area contributed by atoms with Crippen molar-refractivity contribution >= 4 is 38.6 Å². The maximum atomic E-state index is 6.36. The van der Waals surface area contributed by atoms with E-state index in [2.05, 4.69) is 64.7 Å². The van der Waals surface area contributed by atoms with Crippen LogP contribution in [0.2, 0.25) is 0 Å². The zero-order chi connectivity index (χ0) is 15.1. The zero-order valence-corrected chi connectivity index (χ0v) is 14.5. The molecular weight excluding hydrogens is 348 g/mol. The van der Waals surface area contributed by atoms with Crippen molar-refractivity contribution in [3.63, 3.8) is 0 Å². The number of rotatable bonds is 2. The quantitative estimate of drug-likeness (QED) is 0.534. The molecule has 0 amide bonds. The number of alkyl halides is 1. The molecular formula is C17H16BrClN2. The smallest absolute Gasteiger partial charge is 0.132 e. The summed E-state index contributed by atoms with van der Waals surface area (Å²) in [6, 6.07) is 12.6. The van der Waals surface area contributed by atoms with Gasteiger partial charge in [0.1, 0.15) is 5.82 Å². The summed E-state index contributed by atoms with van der Waals surface area (Å²) in [4.78, 5) is 4.71. The third-order valence-electron chi connectivity index (χ3n) is 3.53. The molecule has 2 nitrogen and oxygen atoms in total. The lowest BCUT2D eigenvalue weighted by Gasteiger charge is -2.13. The van der Waals surface area contributed by atoms with Crippen molar-refractivity contribution in [2.75, 3.05) is 0 Å². The summed E-state index contributed by atoms with van der Waals surface area (Å²) < 4.78 is 3.18. The van der Waals surface area contributed by atoms with Crippen LogP contribution in [-0.4, -0.2) is 9.55 Å². The van der Waals surface area contributed by atoms with E-state index in [1.165, 1.54) is 11.1 Å². The van der Waals surface area contributed by atoms with Crippen molar-refractivity contribution in [1.82, 2.24) is 9.55 Å². The van der Waals surface area contributed by atoms with Crippen LogP contribution in [0.1, 0.15) is 29.3 Å². The molecule has 2 aromatic carbocycles.